The lowest BCUT2D eigenvalue weighted by molar-refractivity contribution is 0.284. The van der Waals surface area contributed by atoms with Crippen molar-refractivity contribution in [2.24, 2.45) is 17.6 Å². The van der Waals surface area contributed by atoms with Crippen LogP contribution in [0.15, 0.2) is 29.2 Å². The Bertz CT molecular complexity index is 396. The quantitative estimate of drug-likeness (QED) is 0.886. The van der Waals surface area contributed by atoms with Crippen LogP contribution in [-0.2, 0) is 0 Å². The molecule has 19 heavy (non-hydrogen) atoms. The van der Waals surface area contributed by atoms with Gasteiger partial charge in [-0.3, -0.25) is 0 Å². The van der Waals surface area contributed by atoms with Crippen molar-refractivity contribution in [2.45, 2.75) is 42.8 Å². The molecule has 1 aromatic rings. The smallest absolute Gasteiger partial charge is 0.119 e. The largest absolute Gasteiger partial charge is 0.497 e. The number of rotatable bonds is 5. The van der Waals surface area contributed by atoms with Crippen LogP contribution in [0.3, 0.4) is 0 Å². The summed E-state index contributed by atoms with van der Waals surface area (Å²) in [5, 5.41) is 0.663. The topological polar surface area (TPSA) is 35.2 Å². The summed E-state index contributed by atoms with van der Waals surface area (Å²) in [6.45, 7) is 3.12. The summed E-state index contributed by atoms with van der Waals surface area (Å²) in [5.41, 5.74) is 5.95. The third-order valence-electron chi connectivity index (χ3n) is 4.25. The Morgan fingerprint density at radius 2 is 2.21 bits per heavy atom. The van der Waals surface area contributed by atoms with E-state index in [4.69, 9.17) is 10.5 Å². The second kappa shape index (κ2) is 7.20. The average molecular weight is 279 g/mol. The van der Waals surface area contributed by atoms with E-state index < -0.39 is 0 Å². The third kappa shape index (κ3) is 3.90. The van der Waals surface area contributed by atoms with Gasteiger partial charge in [0.2, 0.25) is 0 Å². The van der Waals surface area contributed by atoms with Gasteiger partial charge in [-0.15, -0.1) is 11.8 Å². The molecule has 3 atom stereocenters. The van der Waals surface area contributed by atoms with Gasteiger partial charge in [0.15, 0.2) is 0 Å². The Kier molecular flexibility index (Phi) is 5.59. The second-order valence-electron chi connectivity index (χ2n) is 5.42. The van der Waals surface area contributed by atoms with Gasteiger partial charge >= 0.3 is 0 Å². The molecule has 3 unspecified atom stereocenters. The highest BCUT2D eigenvalue weighted by Crippen LogP contribution is 2.41. The molecule has 2 rings (SSSR count). The minimum Gasteiger partial charge on any atom is -0.497 e. The van der Waals surface area contributed by atoms with Crippen molar-refractivity contribution in [2.75, 3.05) is 13.7 Å². The first-order valence-corrected chi connectivity index (χ1v) is 8.15. The van der Waals surface area contributed by atoms with Crippen LogP contribution in [0.4, 0.5) is 0 Å². The van der Waals surface area contributed by atoms with E-state index in [2.05, 4.69) is 25.1 Å². The Labute approximate surface area is 121 Å². The first kappa shape index (κ1) is 14.7. The van der Waals surface area contributed by atoms with Gasteiger partial charge in [0.25, 0.3) is 0 Å². The maximum Gasteiger partial charge on any atom is 0.119 e. The minimum atomic E-state index is 0.663. The Balaban J connectivity index is 2.05. The molecule has 0 aliphatic heterocycles. The zero-order valence-corrected chi connectivity index (χ0v) is 12.8. The fourth-order valence-corrected chi connectivity index (χ4v) is 4.41. The van der Waals surface area contributed by atoms with Crippen molar-refractivity contribution in [3.05, 3.63) is 24.3 Å². The highest BCUT2D eigenvalue weighted by Gasteiger charge is 2.29. The van der Waals surface area contributed by atoms with E-state index in [0.717, 1.165) is 18.2 Å². The van der Waals surface area contributed by atoms with Gasteiger partial charge in [-0.1, -0.05) is 25.8 Å². The number of thioether (sulfide) groups is 1. The van der Waals surface area contributed by atoms with Crippen LogP contribution >= 0.6 is 11.8 Å². The van der Waals surface area contributed by atoms with Crippen LogP contribution in [0.5, 0.6) is 5.75 Å². The SMILES string of the molecule is CCC1CCC(CN)C(Sc2cccc(OC)c2)C1. The zero-order valence-electron chi connectivity index (χ0n) is 12.0. The van der Waals surface area contributed by atoms with Gasteiger partial charge in [-0.05, 0) is 49.4 Å². The van der Waals surface area contributed by atoms with Gasteiger partial charge in [0, 0.05) is 10.1 Å². The normalized spacial score (nSPS) is 27.2. The first-order chi connectivity index (χ1) is 9.26. The van der Waals surface area contributed by atoms with E-state index in [0.29, 0.717) is 11.2 Å². The summed E-state index contributed by atoms with van der Waals surface area (Å²) in [7, 11) is 1.72. The first-order valence-electron chi connectivity index (χ1n) is 7.27. The number of methoxy groups -OCH3 is 1. The van der Waals surface area contributed by atoms with Crippen LogP contribution < -0.4 is 10.5 Å². The number of hydrogen-bond donors (Lipinski definition) is 1. The van der Waals surface area contributed by atoms with E-state index in [1.165, 1.54) is 30.6 Å². The van der Waals surface area contributed by atoms with Crippen LogP contribution in [0.25, 0.3) is 0 Å². The highest BCUT2D eigenvalue weighted by atomic mass is 32.2. The second-order valence-corrected chi connectivity index (χ2v) is 6.73. The number of ether oxygens (including phenoxy) is 1. The van der Waals surface area contributed by atoms with E-state index in [1.807, 2.05) is 17.8 Å². The van der Waals surface area contributed by atoms with Crippen molar-refractivity contribution >= 4 is 11.8 Å². The van der Waals surface area contributed by atoms with Crippen molar-refractivity contribution in [1.29, 1.82) is 0 Å². The molecule has 1 aliphatic rings. The molecule has 0 spiro atoms. The zero-order chi connectivity index (χ0) is 13.7. The molecule has 0 radical (unpaired) electrons. The van der Waals surface area contributed by atoms with E-state index in [1.54, 1.807) is 7.11 Å². The lowest BCUT2D eigenvalue weighted by Gasteiger charge is -2.35. The summed E-state index contributed by atoms with van der Waals surface area (Å²) in [5.74, 6) is 2.49. The fraction of sp³-hybridized carbons (Fsp3) is 0.625. The van der Waals surface area contributed by atoms with Crippen LogP contribution in [0.1, 0.15) is 32.6 Å². The van der Waals surface area contributed by atoms with Crippen LogP contribution in [0.2, 0.25) is 0 Å². The minimum absolute atomic E-state index is 0.663. The lowest BCUT2D eigenvalue weighted by atomic mass is 9.80. The molecule has 2 nitrogen and oxygen atoms in total. The summed E-state index contributed by atoms with van der Waals surface area (Å²) in [6, 6.07) is 8.38. The van der Waals surface area contributed by atoms with Crippen molar-refractivity contribution in [3.8, 4) is 5.75 Å². The molecular formula is C16H25NOS. The summed E-state index contributed by atoms with van der Waals surface area (Å²) in [6.07, 6.45) is 5.25. The number of nitrogens with two attached hydrogens (primary N) is 1. The Hall–Kier alpha value is -0.670. The Morgan fingerprint density at radius 1 is 1.37 bits per heavy atom. The summed E-state index contributed by atoms with van der Waals surface area (Å²) >= 11 is 1.99. The molecule has 106 valence electrons. The standard InChI is InChI=1S/C16H25NOS/c1-3-12-7-8-13(11-17)16(9-12)19-15-6-4-5-14(10-15)18-2/h4-6,10,12-13,16H,3,7-9,11,17H2,1-2H3. The molecular weight excluding hydrogens is 254 g/mol. The van der Waals surface area contributed by atoms with Gasteiger partial charge < -0.3 is 10.5 Å². The monoisotopic (exact) mass is 279 g/mol. The molecule has 1 saturated carbocycles. The molecule has 0 amide bonds. The Morgan fingerprint density at radius 3 is 2.89 bits per heavy atom. The molecule has 1 aromatic carbocycles. The maximum atomic E-state index is 5.95. The number of benzene rings is 1. The lowest BCUT2D eigenvalue weighted by Crippen LogP contribution is -2.32. The van der Waals surface area contributed by atoms with Crippen molar-refractivity contribution in [3.63, 3.8) is 0 Å². The predicted octanol–water partition coefficient (Wildman–Crippen LogP) is 3.94. The van der Waals surface area contributed by atoms with Gasteiger partial charge in [-0.2, -0.15) is 0 Å². The van der Waals surface area contributed by atoms with Crippen LogP contribution in [0, 0.1) is 11.8 Å². The molecule has 0 heterocycles. The summed E-state index contributed by atoms with van der Waals surface area (Å²) < 4.78 is 5.30. The van der Waals surface area contributed by atoms with E-state index in [-0.39, 0.29) is 0 Å². The average Bonchev–Trinajstić information content (AvgIpc) is 2.47. The number of hydrogen-bond acceptors (Lipinski definition) is 3. The molecule has 1 fully saturated rings. The van der Waals surface area contributed by atoms with Crippen molar-refractivity contribution in [1.82, 2.24) is 0 Å². The molecule has 2 N–H and O–H groups in total. The molecule has 0 bridgehead atoms. The van der Waals surface area contributed by atoms with Crippen molar-refractivity contribution < 1.29 is 4.74 Å². The fourth-order valence-electron chi connectivity index (χ4n) is 2.91. The van der Waals surface area contributed by atoms with Gasteiger partial charge in [0.1, 0.15) is 5.75 Å². The molecule has 0 saturated heterocycles. The molecule has 0 aromatic heterocycles. The predicted molar refractivity (Wildman–Crippen MR) is 82.8 cm³/mol. The van der Waals surface area contributed by atoms with Gasteiger partial charge in [0.05, 0.1) is 7.11 Å². The third-order valence-corrected chi connectivity index (χ3v) is 5.65. The van der Waals surface area contributed by atoms with E-state index >= 15 is 0 Å². The highest BCUT2D eigenvalue weighted by molar-refractivity contribution is 8.00. The maximum absolute atomic E-state index is 5.95. The van der Waals surface area contributed by atoms with E-state index in [9.17, 15) is 0 Å². The molecule has 3 heteroatoms. The molecule has 1 aliphatic carbocycles. The van der Waals surface area contributed by atoms with Gasteiger partial charge in [-0.25, -0.2) is 0 Å². The van der Waals surface area contributed by atoms with Crippen LogP contribution in [-0.4, -0.2) is 18.9 Å². The summed E-state index contributed by atoms with van der Waals surface area (Å²) in [4.78, 5) is 1.31.